The molecular weight excluding hydrogens is 365 g/mol. The highest BCUT2D eigenvalue weighted by atomic mass is 19.1. The van der Waals surface area contributed by atoms with Gasteiger partial charge in [-0.05, 0) is 37.8 Å². The number of hydrogen-bond acceptors (Lipinski definition) is 4. The maximum Gasteiger partial charge on any atom is 0.306 e. The van der Waals surface area contributed by atoms with Crippen molar-refractivity contribution in [2.75, 3.05) is 19.7 Å². The molecule has 1 aliphatic heterocycles. The fourth-order valence-corrected chi connectivity index (χ4v) is 4.06. The Morgan fingerprint density at radius 2 is 2.18 bits per heavy atom. The predicted molar refractivity (Wildman–Crippen MR) is 98.2 cm³/mol. The number of halogens is 1. The molecule has 0 bridgehead atoms. The van der Waals surface area contributed by atoms with Crippen molar-refractivity contribution < 1.29 is 23.8 Å². The molecule has 1 atom stereocenters. The largest absolute Gasteiger partial charge is 0.481 e. The number of para-hydroxylation sites is 1. The number of amides is 1. The van der Waals surface area contributed by atoms with E-state index in [1.807, 2.05) is 13.0 Å². The van der Waals surface area contributed by atoms with Crippen molar-refractivity contribution in [2.24, 2.45) is 0 Å². The van der Waals surface area contributed by atoms with Gasteiger partial charge < -0.3 is 14.7 Å². The normalized spacial score (nSPS) is 18.9. The molecule has 1 aliphatic carbocycles. The van der Waals surface area contributed by atoms with Gasteiger partial charge in [0.2, 0.25) is 0 Å². The number of aliphatic carboxylic acids is 1. The summed E-state index contributed by atoms with van der Waals surface area (Å²) in [5.74, 6) is -1.58. The van der Waals surface area contributed by atoms with Crippen LogP contribution in [0.2, 0.25) is 0 Å². The average Bonchev–Trinajstić information content (AvgIpc) is 3.24. The summed E-state index contributed by atoms with van der Waals surface area (Å²) < 4.78 is 21.5. The Labute approximate surface area is 161 Å². The number of aryl methyl sites for hydroxylation is 1. The van der Waals surface area contributed by atoms with Gasteiger partial charge in [0.25, 0.3) is 5.91 Å². The van der Waals surface area contributed by atoms with Gasteiger partial charge in [0.05, 0.1) is 19.1 Å². The molecule has 4 rings (SSSR count). The smallest absolute Gasteiger partial charge is 0.306 e. The van der Waals surface area contributed by atoms with E-state index in [-0.39, 0.29) is 24.7 Å². The molecule has 28 heavy (non-hydrogen) atoms. The lowest BCUT2D eigenvalue weighted by Crippen LogP contribution is -2.46. The number of carbonyl (C=O) groups is 2. The summed E-state index contributed by atoms with van der Waals surface area (Å²) in [6, 6.07) is 4.87. The van der Waals surface area contributed by atoms with Crippen molar-refractivity contribution >= 4 is 11.9 Å². The van der Waals surface area contributed by atoms with Crippen LogP contribution in [-0.2, 0) is 22.4 Å². The summed E-state index contributed by atoms with van der Waals surface area (Å²) in [4.78, 5) is 25.7. The summed E-state index contributed by atoms with van der Waals surface area (Å²) in [6.45, 7) is 2.71. The molecular formula is C20H22FN3O4. The second-order valence-electron chi connectivity index (χ2n) is 7.29. The Hall–Kier alpha value is -2.74. The third-order valence-corrected chi connectivity index (χ3v) is 5.36. The molecule has 1 aromatic carbocycles. The minimum absolute atomic E-state index is 0.148. The molecule has 1 N–H and O–H groups in total. The van der Waals surface area contributed by atoms with Crippen LogP contribution in [-0.4, -0.2) is 57.5 Å². The molecule has 7 nitrogen and oxygen atoms in total. The lowest BCUT2D eigenvalue weighted by molar-refractivity contribution is -0.141. The second kappa shape index (κ2) is 7.35. The molecule has 2 aliphatic rings. The molecule has 2 aromatic rings. The summed E-state index contributed by atoms with van der Waals surface area (Å²) >= 11 is 0. The van der Waals surface area contributed by atoms with Crippen LogP contribution in [0.15, 0.2) is 18.2 Å². The van der Waals surface area contributed by atoms with Gasteiger partial charge in [0, 0.05) is 24.3 Å². The highest BCUT2D eigenvalue weighted by Gasteiger charge is 2.33. The summed E-state index contributed by atoms with van der Waals surface area (Å²) in [5, 5.41) is 13.5. The van der Waals surface area contributed by atoms with Crippen LogP contribution in [0.3, 0.4) is 0 Å². The molecule has 1 saturated heterocycles. The van der Waals surface area contributed by atoms with Crippen molar-refractivity contribution in [1.29, 1.82) is 0 Å². The molecule has 2 heterocycles. The number of carboxylic acids is 1. The van der Waals surface area contributed by atoms with E-state index in [0.29, 0.717) is 24.5 Å². The number of ether oxygens (including phenoxy) is 1. The SMILES string of the molecule is Cc1cccc(F)c1-n1nc(C(=O)N2CCOC(CC(=O)O)C2)c2c1CCC2. The summed E-state index contributed by atoms with van der Waals surface area (Å²) in [7, 11) is 0. The molecule has 1 unspecified atom stereocenters. The maximum absolute atomic E-state index is 14.5. The van der Waals surface area contributed by atoms with E-state index in [1.54, 1.807) is 15.6 Å². The first-order chi connectivity index (χ1) is 13.5. The highest BCUT2D eigenvalue weighted by molar-refractivity contribution is 5.94. The molecule has 8 heteroatoms. The molecule has 1 fully saturated rings. The third kappa shape index (κ3) is 3.28. The first-order valence-corrected chi connectivity index (χ1v) is 9.44. The van der Waals surface area contributed by atoms with Crippen molar-refractivity contribution in [3.63, 3.8) is 0 Å². The van der Waals surface area contributed by atoms with Gasteiger partial charge in [0.1, 0.15) is 11.5 Å². The highest BCUT2D eigenvalue weighted by Crippen LogP contribution is 2.31. The van der Waals surface area contributed by atoms with Crippen LogP contribution in [0.4, 0.5) is 4.39 Å². The van der Waals surface area contributed by atoms with Crippen LogP contribution in [0, 0.1) is 12.7 Å². The molecule has 0 spiro atoms. The number of rotatable bonds is 4. The second-order valence-corrected chi connectivity index (χ2v) is 7.29. The number of morpholine rings is 1. The Kier molecular flexibility index (Phi) is 4.89. The average molecular weight is 387 g/mol. The Morgan fingerprint density at radius 1 is 1.36 bits per heavy atom. The minimum Gasteiger partial charge on any atom is -0.481 e. The van der Waals surface area contributed by atoms with Gasteiger partial charge in [-0.25, -0.2) is 9.07 Å². The van der Waals surface area contributed by atoms with Crippen LogP contribution in [0.1, 0.15) is 40.2 Å². The van der Waals surface area contributed by atoms with Crippen LogP contribution < -0.4 is 0 Å². The number of fused-ring (bicyclic) bond motifs is 1. The van der Waals surface area contributed by atoms with Crippen molar-refractivity contribution in [2.45, 2.75) is 38.7 Å². The summed E-state index contributed by atoms with van der Waals surface area (Å²) in [6.07, 6.45) is 1.69. The topological polar surface area (TPSA) is 84.7 Å². The molecule has 0 radical (unpaired) electrons. The quantitative estimate of drug-likeness (QED) is 0.869. The molecule has 1 aromatic heterocycles. The first-order valence-electron chi connectivity index (χ1n) is 9.44. The van der Waals surface area contributed by atoms with Gasteiger partial charge in [-0.2, -0.15) is 5.10 Å². The molecule has 1 amide bonds. The van der Waals surface area contributed by atoms with E-state index in [4.69, 9.17) is 9.84 Å². The van der Waals surface area contributed by atoms with E-state index in [2.05, 4.69) is 5.10 Å². The van der Waals surface area contributed by atoms with Gasteiger partial charge in [-0.3, -0.25) is 9.59 Å². The number of aromatic nitrogens is 2. The predicted octanol–water partition coefficient (Wildman–Crippen LogP) is 2.12. The lowest BCUT2D eigenvalue weighted by Gasteiger charge is -2.32. The van der Waals surface area contributed by atoms with Crippen molar-refractivity contribution in [3.05, 3.63) is 46.5 Å². The monoisotopic (exact) mass is 387 g/mol. The minimum atomic E-state index is -0.959. The third-order valence-electron chi connectivity index (χ3n) is 5.36. The number of carbonyl (C=O) groups excluding carboxylic acids is 1. The summed E-state index contributed by atoms with van der Waals surface area (Å²) in [5.41, 5.74) is 3.22. The fourth-order valence-electron chi connectivity index (χ4n) is 4.06. The molecule has 148 valence electrons. The zero-order valence-corrected chi connectivity index (χ0v) is 15.7. The van der Waals surface area contributed by atoms with Gasteiger partial charge in [0.15, 0.2) is 5.69 Å². The van der Waals surface area contributed by atoms with Gasteiger partial charge >= 0.3 is 5.97 Å². The van der Waals surface area contributed by atoms with Crippen molar-refractivity contribution in [1.82, 2.24) is 14.7 Å². The van der Waals surface area contributed by atoms with E-state index >= 15 is 0 Å². The maximum atomic E-state index is 14.5. The van der Waals surface area contributed by atoms with Crippen LogP contribution in [0.25, 0.3) is 5.69 Å². The first kappa shape index (κ1) is 18.6. The Morgan fingerprint density at radius 3 is 2.93 bits per heavy atom. The number of hydrogen-bond donors (Lipinski definition) is 1. The number of nitrogens with zero attached hydrogens (tertiary/aromatic N) is 3. The van der Waals surface area contributed by atoms with Crippen molar-refractivity contribution in [3.8, 4) is 5.69 Å². The van der Waals surface area contributed by atoms with Gasteiger partial charge in [-0.15, -0.1) is 0 Å². The number of carboxylic acid groups (broad SMARTS) is 1. The zero-order chi connectivity index (χ0) is 19.8. The van der Waals surface area contributed by atoms with Crippen LogP contribution >= 0.6 is 0 Å². The standard InChI is InChI=1S/C20H22FN3O4/c1-12-4-2-6-15(21)19(12)24-16-7-3-5-14(16)18(22-24)20(27)23-8-9-28-13(11-23)10-17(25)26/h2,4,6,13H,3,5,7-11H2,1H3,(H,25,26). The molecule has 0 saturated carbocycles. The van der Waals surface area contributed by atoms with Crippen LogP contribution in [0.5, 0.6) is 0 Å². The number of benzene rings is 1. The Balaban J connectivity index is 1.68. The fraction of sp³-hybridized carbons (Fsp3) is 0.450. The Bertz CT molecular complexity index is 920. The van der Waals surface area contributed by atoms with Gasteiger partial charge in [-0.1, -0.05) is 12.1 Å². The van der Waals surface area contributed by atoms with E-state index in [1.165, 1.54) is 6.07 Å². The lowest BCUT2D eigenvalue weighted by atomic mass is 10.1. The zero-order valence-electron chi connectivity index (χ0n) is 15.7. The van der Waals surface area contributed by atoms with E-state index < -0.39 is 12.1 Å². The van der Waals surface area contributed by atoms with E-state index in [0.717, 1.165) is 36.1 Å². The van der Waals surface area contributed by atoms with E-state index in [9.17, 15) is 14.0 Å².